The van der Waals surface area contributed by atoms with Crippen LogP contribution in [0.1, 0.15) is 21.7 Å². The van der Waals surface area contributed by atoms with Gasteiger partial charge < -0.3 is 9.26 Å². The van der Waals surface area contributed by atoms with E-state index in [9.17, 15) is 13.2 Å². The van der Waals surface area contributed by atoms with E-state index in [1.54, 1.807) is 6.20 Å². The molecule has 0 aliphatic carbocycles. The van der Waals surface area contributed by atoms with Crippen molar-refractivity contribution >= 4 is 27.3 Å². The predicted octanol–water partition coefficient (Wildman–Crippen LogP) is 1.43. The van der Waals surface area contributed by atoms with Crippen LogP contribution in [-0.4, -0.2) is 33.2 Å². The highest BCUT2D eigenvalue weighted by molar-refractivity contribution is 7.89. The van der Waals surface area contributed by atoms with Crippen molar-refractivity contribution in [2.24, 2.45) is 0 Å². The highest BCUT2D eigenvalue weighted by Crippen LogP contribution is 2.22. The van der Waals surface area contributed by atoms with E-state index in [1.165, 1.54) is 24.8 Å². The Morgan fingerprint density at radius 1 is 1.52 bits per heavy atom. The molecule has 7 nitrogen and oxygen atoms in total. The summed E-state index contributed by atoms with van der Waals surface area (Å²) in [6, 6.07) is 1.39. The number of methoxy groups -OCH3 is 1. The van der Waals surface area contributed by atoms with Crippen molar-refractivity contribution in [2.75, 3.05) is 13.7 Å². The number of carbonyl (C=O) groups excluding carboxylic acids is 1. The molecule has 0 spiro atoms. The molecule has 0 saturated heterocycles. The number of nitrogens with one attached hydrogen (secondary N) is 1. The summed E-state index contributed by atoms with van der Waals surface area (Å²) >= 11 is 1.03. The third-order valence-corrected chi connectivity index (χ3v) is 5.23. The van der Waals surface area contributed by atoms with Crippen LogP contribution in [0.4, 0.5) is 0 Å². The minimum Gasteiger partial charge on any atom is -0.465 e. The Morgan fingerprint density at radius 3 is 3.00 bits per heavy atom. The van der Waals surface area contributed by atoms with Crippen LogP contribution >= 0.6 is 11.3 Å². The molecule has 2 rings (SSSR count). The lowest BCUT2D eigenvalue weighted by molar-refractivity contribution is 0.0602. The van der Waals surface area contributed by atoms with E-state index in [2.05, 4.69) is 19.1 Å². The van der Waals surface area contributed by atoms with Gasteiger partial charge in [-0.1, -0.05) is 5.16 Å². The van der Waals surface area contributed by atoms with Crippen molar-refractivity contribution in [1.82, 2.24) is 9.88 Å². The van der Waals surface area contributed by atoms with Crippen LogP contribution in [0.25, 0.3) is 0 Å². The number of aromatic nitrogens is 1. The zero-order chi connectivity index (χ0) is 15.3. The average Bonchev–Trinajstić information content (AvgIpc) is 3.13. The van der Waals surface area contributed by atoms with E-state index in [0.29, 0.717) is 12.8 Å². The van der Waals surface area contributed by atoms with E-state index in [1.807, 2.05) is 0 Å². The molecule has 0 amide bonds. The summed E-state index contributed by atoms with van der Waals surface area (Å²) < 4.78 is 36.0. The lowest BCUT2D eigenvalue weighted by Gasteiger charge is -2.06. The number of hydrogen-bond acceptors (Lipinski definition) is 7. The van der Waals surface area contributed by atoms with Crippen molar-refractivity contribution in [3.63, 3.8) is 0 Å². The first-order chi connectivity index (χ1) is 10.0. The van der Waals surface area contributed by atoms with Crippen LogP contribution in [0.2, 0.25) is 0 Å². The monoisotopic (exact) mass is 330 g/mol. The largest absolute Gasteiger partial charge is 0.465 e. The SMILES string of the molecule is COC(=O)c1sccc1S(=O)(=O)NCCCc1cnoc1. The summed E-state index contributed by atoms with van der Waals surface area (Å²) in [7, 11) is -2.51. The van der Waals surface area contributed by atoms with Crippen LogP contribution in [-0.2, 0) is 21.2 Å². The number of sulfonamides is 1. The van der Waals surface area contributed by atoms with Crippen LogP contribution in [0.3, 0.4) is 0 Å². The lowest BCUT2D eigenvalue weighted by Crippen LogP contribution is -2.26. The Kier molecular flexibility index (Phi) is 5.10. The Morgan fingerprint density at radius 2 is 2.33 bits per heavy atom. The Labute approximate surface area is 126 Å². The van der Waals surface area contributed by atoms with Crippen molar-refractivity contribution in [3.8, 4) is 0 Å². The number of ether oxygens (including phenoxy) is 1. The molecule has 2 aromatic heterocycles. The van der Waals surface area contributed by atoms with Crippen molar-refractivity contribution in [3.05, 3.63) is 34.3 Å². The minimum absolute atomic E-state index is 0.0515. The van der Waals surface area contributed by atoms with Crippen LogP contribution < -0.4 is 4.72 Å². The second kappa shape index (κ2) is 6.83. The van der Waals surface area contributed by atoms with E-state index >= 15 is 0 Å². The number of aryl methyl sites for hydroxylation is 1. The molecule has 2 aromatic rings. The predicted molar refractivity (Wildman–Crippen MR) is 75.7 cm³/mol. The second-order valence-electron chi connectivity index (χ2n) is 4.14. The molecule has 0 aliphatic rings. The van der Waals surface area contributed by atoms with Gasteiger partial charge in [-0.3, -0.25) is 0 Å². The smallest absolute Gasteiger partial charge is 0.349 e. The Hall–Kier alpha value is -1.71. The van der Waals surface area contributed by atoms with Gasteiger partial charge >= 0.3 is 5.97 Å². The summed E-state index contributed by atoms with van der Waals surface area (Å²) in [5, 5.41) is 5.11. The fourth-order valence-corrected chi connectivity index (χ4v) is 4.08. The number of thiophene rings is 1. The normalized spacial score (nSPS) is 11.5. The second-order valence-corrected chi connectivity index (χ2v) is 6.79. The van der Waals surface area contributed by atoms with Gasteiger partial charge in [-0.25, -0.2) is 17.9 Å². The van der Waals surface area contributed by atoms with Crippen LogP contribution in [0.5, 0.6) is 0 Å². The summed E-state index contributed by atoms with van der Waals surface area (Å²) in [5.74, 6) is -0.658. The zero-order valence-corrected chi connectivity index (χ0v) is 12.9. The lowest BCUT2D eigenvalue weighted by atomic mass is 10.2. The summed E-state index contributed by atoms with van der Waals surface area (Å²) in [6.07, 6.45) is 4.35. The molecule has 9 heteroatoms. The van der Waals surface area contributed by atoms with Gasteiger partial charge in [0, 0.05) is 12.1 Å². The first kappa shape index (κ1) is 15.7. The quantitative estimate of drug-likeness (QED) is 0.609. The van der Waals surface area contributed by atoms with Gasteiger partial charge in [-0.2, -0.15) is 0 Å². The Balaban J connectivity index is 1.95. The number of hydrogen-bond donors (Lipinski definition) is 1. The molecular weight excluding hydrogens is 316 g/mol. The third kappa shape index (κ3) is 3.90. The van der Waals surface area contributed by atoms with Gasteiger partial charge in [0.25, 0.3) is 0 Å². The molecule has 0 unspecified atom stereocenters. The molecule has 2 heterocycles. The van der Waals surface area contributed by atoms with Crippen LogP contribution in [0.15, 0.2) is 33.3 Å². The minimum atomic E-state index is -3.72. The maximum Gasteiger partial charge on any atom is 0.349 e. The van der Waals surface area contributed by atoms with Gasteiger partial charge in [-0.15, -0.1) is 11.3 Å². The van der Waals surface area contributed by atoms with Gasteiger partial charge in [0.05, 0.1) is 13.3 Å². The molecule has 0 aromatic carbocycles. The van der Waals surface area contributed by atoms with Gasteiger partial charge in [0.1, 0.15) is 16.0 Å². The maximum atomic E-state index is 12.2. The number of rotatable bonds is 7. The van der Waals surface area contributed by atoms with Gasteiger partial charge in [0.15, 0.2) is 0 Å². The van der Waals surface area contributed by atoms with Gasteiger partial charge in [-0.05, 0) is 24.3 Å². The molecular formula is C12H14N2O5S2. The van der Waals surface area contributed by atoms with E-state index in [0.717, 1.165) is 16.9 Å². The molecule has 1 N–H and O–H groups in total. The van der Waals surface area contributed by atoms with Crippen molar-refractivity contribution in [2.45, 2.75) is 17.7 Å². The highest BCUT2D eigenvalue weighted by atomic mass is 32.2. The first-order valence-electron chi connectivity index (χ1n) is 6.08. The average molecular weight is 330 g/mol. The third-order valence-electron chi connectivity index (χ3n) is 2.71. The Bertz CT molecular complexity index is 691. The molecule has 114 valence electrons. The maximum absolute atomic E-state index is 12.2. The standard InChI is InChI=1S/C12H14N2O5S2/c1-18-12(15)11-10(4-6-20-11)21(16,17)14-5-2-3-9-7-13-19-8-9/h4,6-8,14H,2-3,5H2,1H3. The van der Waals surface area contributed by atoms with E-state index in [-0.39, 0.29) is 16.3 Å². The van der Waals surface area contributed by atoms with Crippen molar-refractivity contribution < 1.29 is 22.5 Å². The molecule has 0 fully saturated rings. The molecule has 0 radical (unpaired) electrons. The summed E-state index contributed by atoms with van der Waals surface area (Å²) in [4.78, 5) is 11.5. The molecule has 0 saturated carbocycles. The summed E-state index contributed by atoms with van der Waals surface area (Å²) in [6.45, 7) is 0.254. The molecule has 0 atom stereocenters. The number of carbonyl (C=O) groups is 1. The van der Waals surface area contributed by atoms with Gasteiger partial charge in [0.2, 0.25) is 10.0 Å². The fraction of sp³-hybridized carbons (Fsp3) is 0.333. The summed E-state index contributed by atoms with van der Waals surface area (Å²) in [5.41, 5.74) is 0.903. The number of nitrogens with zero attached hydrogens (tertiary/aromatic N) is 1. The topological polar surface area (TPSA) is 98.5 Å². The zero-order valence-electron chi connectivity index (χ0n) is 11.2. The van der Waals surface area contributed by atoms with Crippen LogP contribution in [0, 0.1) is 0 Å². The number of esters is 1. The fourth-order valence-electron chi connectivity index (χ4n) is 1.68. The molecule has 0 aliphatic heterocycles. The first-order valence-corrected chi connectivity index (χ1v) is 8.44. The molecule has 21 heavy (non-hydrogen) atoms. The van der Waals surface area contributed by atoms with E-state index < -0.39 is 16.0 Å². The highest BCUT2D eigenvalue weighted by Gasteiger charge is 2.24. The van der Waals surface area contributed by atoms with E-state index in [4.69, 9.17) is 0 Å². The molecule has 0 bridgehead atoms. The van der Waals surface area contributed by atoms with Crippen molar-refractivity contribution in [1.29, 1.82) is 0 Å².